The van der Waals surface area contributed by atoms with Crippen LogP contribution in [0.2, 0.25) is 0 Å². The number of nitrogens with zero attached hydrogens (tertiary/aromatic N) is 5. The molecule has 0 aliphatic rings. The van der Waals surface area contributed by atoms with Crippen molar-refractivity contribution in [1.29, 1.82) is 0 Å². The average molecular weight is 316 g/mol. The quantitative estimate of drug-likeness (QED) is 0.697. The van der Waals surface area contributed by atoms with Crippen molar-refractivity contribution in [2.75, 3.05) is 19.0 Å². The Labute approximate surface area is 131 Å². The molecule has 0 spiro atoms. The van der Waals surface area contributed by atoms with Crippen LogP contribution in [0.4, 0.5) is 5.82 Å². The molecule has 0 saturated carbocycles. The minimum atomic E-state index is -1.09. The number of methoxy groups -OCH3 is 1. The summed E-state index contributed by atoms with van der Waals surface area (Å²) in [5, 5.41) is 20.3. The van der Waals surface area contributed by atoms with Gasteiger partial charge in [0.05, 0.1) is 18.8 Å². The lowest BCUT2D eigenvalue weighted by atomic mass is 10.2. The Balaban J connectivity index is 1.87. The van der Waals surface area contributed by atoms with Crippen LogP contribution < -0.4 is 5.32 Å². The number of carboxylic acid groups (broad SMARTS) is 1. The Morgan fingerprint density at radius 2 is 2.35 bits per heavy atom. The molecular weight excluding hydrogens is 300 g/mol. The molecule has 120 valence electrons. The van der Waals surface area contributed by atoms with Crippen molar-refractivity contribution >= 4 is 17.4 Å². The fourth-order valence-corrected chi connectivity index (χ4v) is 2.25. The number of carboxylic acids is 1. The molecule has 2 N–H and O–H groups in total. The van der Waals surface area contributed by atoms with E-state index in [1.165, 1.54) is 10.6 Å². The number of fused-ring (bicyclic) bond motifs is 1. The normalized spacial score (nSPS) is 12.4. The van der Waals surface area contributed by atoms with E-state index < -0.39 is 5.97 Å². The summed E-state index contributed by atoms with van der Waals surface area (Å²) in [4.78, 5) is 15.3. The van der Waals surface area contributed by atoms with E-state index in [1.54, 1.807) is 30.3 Å². The molecule has 23 heavy (non-hydrogen) atoms. The van der Waals surface area contributed by atoms with Gasteiger partial charge in [-0.1, -0.05) is 0 Å². The van der Waals surface area contributed by atoms with E-state index in [4.69, 9.17) is 9.84 Å². The molecule has 0 aromatic carbocycles. The highest BCUT2D eigenvalue weighted by Crippen LogP contribution is 2.19. The minimum absolute atomic E-state index is 0.0460. The summed E-state index contributed by atoms with van der Waals surface area (Å²) in [5.74, 6) is -0.488. The molecule has 9 nitrogen and oxygen atoms in total. The first-order valence-corrected chi connectivity index (χ1v) is 6.90. The maximum Gasteiger partial charge on any atom is 0.356 e. The van der Waals surface area contributed by atoms with E-state index in [0.717, 1.165) is 5.56 Å². The lowest BCUT2D eigenvalue weighted by molar-refractivity contribution is 0.0690. The van der Waals surface area contributed by atoms with Gasteiger partial charge in [-0.3, -0.25) is 4.68 Å². The molecule has 0 radical (unpaired) electrons. The van der Waals surface area contributed by atoms with Gasteiger partial charge in [0.15, 0.2) is 11.3 Å². The maximum absolute atomic E-state index is 11.0. The van der Waals surface area contributed by atoms with Gasteiger partial charge in [-0.2, -0.15) is 10.2 Å². The number of aromatic nitrogens is 5. The van der Waals surface area contributed by atoms with E-state index in [1.807, 2.05) is 13.2 Å². The number of hydrogen-bond donors (Lipinski definition) is 2. The predicted octanol–water partition coefficient (Wildman–Crippen LogP) is 0.961. The van der Waals surface area contributed by atoms with Crippen molar-refractivity contribution in [3.8, 4) is 0 Å². The number of hydrogen-bond acceptors (Lipinski definition) is 6. The molecule has 0 aliphatic carbocycles. The highest BCUT2D eigenvalue weighted by atomic mass is 16.5. The Morgan fingerprint density at radius 3 is 3.00 bits per heavy atom. The van der Waals surface area contributed by atoms with Gasteiger partial charge < -0.3 is 15.2 Å². The van der Waals surface area contributed by atoms with Crippen LogP contribution in [0.15, 0.2) is 30.7 Å². The highest BCUT2D eigenvalue weighted by molar-refractivity contribution is 5.86. The first-order valence-electron chi connectivity index (χ1n) is 6.90. The maximum atomic E-state index is 11.0. The van der Waals surface area contributed by atoms with Crippen LogP contribution in [0.5, 0.6) is 0 Å². The van der Waals surface area contributed by atoms with Crippen LogP contribution >= 0.6 is 0 Å². The van der Waals surface area contributed by atoms with Crippen molar-refractivity contribution in [3.05, 3.63) is 42.0 Å². The lowest BCUT2D eigenvalue weighted by Gasteiger charge is -2.17. The second kappa shape index (κ2) is 6.05. The van der Waals surface area contributed by atoms with Gasteiger partial charge >= 0.3 is 5.97 Å². The van der Waals surface area contributed by atoms with Gasteiger partial charge in [0.1, 0.15) is 5.82 Å². The third kappa shape index (κ3) is 3.14. The van der Waals surface area contributed by atoms with Gasteiger partial charge in [-0.05, 0) is 6.07 Å². The van der Waals surface area contributed by atoms with Crippen molar-refractivity contribution in [2.45, 2.75) is 6.04 Å². The Bertz CT molecular complexity index is 840. The number of aryl methyl sites for hydroxylation is 1. The van der Waals surface area contributed by atoms with Gasteiger partial charge in [0.2, 0.25) is 0 Å². The molecule has 3 heterocycles. The number of ether oxygens (including phenoxy) is 1. The van der Waals surface area contributed by atoms with Crippen LogP contribution in [-0.4, -0.2) is 49.2 Å². The van der Waals surface area contributed by atoms with E-state index in [9.17, 15) is 4.79 Å². The second-order valence-corrected chi connectivity index (χ2v) is 5.05. The summed E-state index contributed by atoms with van der Waals surface area (Å²) >= 11 is 0. The summed E-state index contributed by atoms with van der Waals surface area (Å²) in [5.41, 5.74) is 1.38. The van der Waals surface area contributed by atoms with E-state index in [-0.39, 0.29) is 11.7 Å². The molecule has 3 rings (SSSR count). The average Bonchev–Trinajstić information content (AvgIpc) is 3.12. The molecule has 0 saturated heterocycles. The third-order valence-electron chi connectivity index (χ3n) is 3.33. The number of rotatable bonds is 6. The molecular formula is C14H16N6O3. The summed E-state index contributed by atoms with van der Waals surface area (Å²) in [6.07, 6.45) is 5.32. The molecule has 0 aliphatic heterocycles. The molecule has 1 atom stereocenters. The summed E-state index contributed by atoms with van der Waals surface area (Å²) in [6.45, 7) is 0.443. The Hall–Kier alpha value is -2.94. The third-order valence-corrected chi connectivity index (χ3v) is 3.33. The second-order valence-electron chi connectivity index (χ2n) is 5.05. The van der Waals surface area contributed by atoms with Crippen LogP contribution in [0.25, 0.3) is 5.65 Å². The smallest absolute Gasteiger partial charge is 0.356 e. The fraction of sp³-hybridized carbons (Fsp3) is 0.286. The number of anilines is 1. The number of carbonyl (C=O) groups is 1. The lowest BCUT2D eigenvalue weighted by Crippen LogP contribution is -2.16. The first kappa shape index (κ1) is 15.0. The molecule has 0 fully saturated rings. The van der Waals surface area contributed by atoms with Crippen LogP contribution in [0, 0.1) is 0 Å². The van der Waals surface area contributed by atoms with E-state index >= 15 is 0 Å². The van der Waals surface area contributed by atoms with Crippen molar-refractivity contribution in [2.24, 2.45) is 7.05 Å². The van der Waals surface area contributed by atoms with E-state index in [2.05, 4.69) is 20.5 Å². The summed E-state index contributed by atoms with van der Waals surface area (Å²) in [7, 11) is 3.47. The molecule has 0 amide bonds. The molecule has 1 unspecified atom stereocenters. The number of nitrogens with one attached hydrogen (secondary N) is 1. The van der Waals surface area contributed by atoms with Crippen LogP contribution in [0.3, 0.4) is 0 Å². The molecule has 0 bridgehead atoms. The zero-order valence-corrected chi connectivity index (χ0v) is 12.7. The van der Waals surface area contributed by atoms with Crippen molar-refractivity contribution < 1.29 is 14.6 Å². The molecule has 9 heteroatoms. The number of aromatic carboxylic acids is 1. The van der Waals surface area contributed by atoms with Crippen LogP contribution in [-0.2, 0) is 11.8 Å². The van der Waals surface area contributed by atoms with Crippen molar-refractivity contribution in [1.82, 2.24) is 24.4 Å². The molecule has 3 aromatic rings. The van der Waals surface area contributed by atoms with Crippen molar-refractivity contribution in [3.63, 3.8) is 0 Å². The minimum Gasteiger partial charge on any atom is -0.476 e. The van der Waals surface area contributed by atoms with E-state index in [0.29, 0.717) is 18.1 Å². The van der Waals surface area contributed by atoms with Gasteiger partial charge in [0.25, 0.3) is 0 Å². The summed E-state index contributed by atoms with van der Waals surface area (Å²) < 4.78 is 8.38. The fourth-order valence-electron chi connectivity index (χ4n) is 2.25. The van der Waals surface area contributed by atoms with Gasteiger partial charge in [0, 0.05) is 38.2 Å². The van der Waals surface area contributed by atoms with Crippen LogP contribution in [0.1, 0.15) is 22.1 Å². The van der Waals surface area contributed by atoms with Gasteiger partial charge in [-0.25, -0.2) is 14.3 Å². The Kier molecular flexibility index (Phi) is 3.94. The predicted molar refractivity (Wildman–Crippen MR) is 81.4 cm³/mol. The highest BCUT2D eigenvalue weighted by Gasteiger charge is 2.15. The first-order chi connectivity index (χ1) is 11.1. The molecule has 3 aromatic heterocycles. The zero-order valence-electron chi connectivity index (χ0n) is 12.7. The van der Waals surface area contributed by atoms with Gasteiger partial charge in [-0.15, -0.1) is 0 Å². The monoisotopic (exact) mass is 316 g/mol. The summed E-state index contributed by atoms with van der Waals surface area (Å²) in [6, 6.07) is 3.03. The SMILES string of the molecule is COCC(Nc1ccn2nc(C(=O)O)cc2n1)c1cnn(C)c1. The standard InChI is InChI=1S/C14H16N6O3/c1-19-7-9(6-15-19)11(8-23-2)16-12-3-4-20-13(17-12)5-10(18-20)14(21)22/h3-7,11H,8H2,1-2H3,(H,16,17)(H,21,22). The largest absolute Gasteiger partial charge is 0.476 e. The Morgan fingerprint density at radius 1 is 1.52 bits per heavy atom. The zero-order chi connectivity index (χ0) is 16.4. The topological polar surface area (TPSA) is 107 Å².